The minimum atomic E-state index is -1.35. The predicted octanol–water partition coefficient (Wildman–Crippen LogP) is 3.53. The van der Waals surface area contributed by atoms with E-state index in [0.29, 0.717) is 5.92 Å². The molecule has 7 heteroatoms. The van der Waals surface area contributed by atoms with Crippen LogP contribution in [0.1, 0.15) is 56.3 Å². The van der Waals surface area contributed by atoms with Gasteiger partial charge in [-0.1, -0.05) is 33.1 Å². The van der Waals surface area contributed by atoms with Crippen molar-refractivity contribution in [1.82, 2.24) is 9.97 Å². The topological polar surface area (TPSA) is 95.1 Å². The van der Waals surface area contributed by atoms with Crippen LogP contribution in [0.4, 0.5) is 10.2 Å². The largest absolute Gasteiger partial charge is 0.477 e. The molecule has 2 aromatic heterocycles. The number of H-pyrrole nitrogens is 1. The fraction of sp³-hybridized carbons (Fsp3) is 0.500. The highest BCUT2D eigenvalue weighted by molar-refractivity contribution is 5.91. The maximum absolute atomic E-state index is 14.6. The summed E-state index contributed by atoms with van der Waals surface area (Å²) in [7, 11) is 0. The third kappa shape index (κ3) is 3.10. The van der Waals surface area contributed by atoms with Gasteiger partial charge in [0.15, 0.2) is 11.6 Å². The maximum atomic E-state index is 14.6. The molecule has 134 valence electrons. The van der Waals surface area contributed by atoms with E-state index < -0.39 is 22.8 Å². The van der Waals surface area contributed by atoms with Gasteiger partial charge in [0.2, 0.25) is 5.43 Å². The summed E-state index contributed by atoms with van der Waals surface area (Å²) in [5, 5.41) is 12.2. The van der Waals surface area contributed by atoms with E-state index >= 15 is 0 Å². The Hall–Kier alpha value is -2.44. The van der Waals surface area contributed by atoms with Crippen molar-refractivity contribution in [2.75, 3.05) is 5.32 Å². The van der Waals surface area contributed by atoms with Gasteiger partial charge in [-0.05, 0) is 24.8 Å². The van der Waals surface area contributed by atoms with E-state index in [-0.39, 0.29) is 22.4 Å². The van der Waals surface area contributed by atoms with Crippen LogP contribution in [0, 0.1) is 11.7 Å². The first-order valence-corrected chi connectivity index (χ1v) is 8.57. The fourth-order valence-electron chi connectivity index (χ4n) is 3.63. The summed E-state index contributed by atoms with van der Waals surface area (Å²) in [6.07, 6.45) is 6.32. The summed E-state index contributed by atoms with van der Waals surface area (Å²) in [5.74, 6) is -1.60. The number of fused-ring (bicyclic) bond motifs is 1. The second-order valence-electron chi connectivity index (χ2n) is 7.05. The van der Waals surface area contributed by atoms with Gasteiger partial charge < -0.3 is 15.4 Å². The van der Waals surface area contributed by atoms with Crippen molar-refractivity contribution in [2.24, 2.45) is 5.92 Å². The standard InChI is InChI=1S/C18H22FN3O3/c1-10(2)18(6-4-3-5-7-18)22-16-13(19)8-11-14(23)12(17(24)25)9-20-15(11)21-16/h8-10H,3-7H2,1-2H3,(H,24,25)(H2,20,21,22,23). The Bertz CT molecular complexity index is 870. The van der Waals surface area contributed by atoms with E-state index in [1.165, 1.54) is 6.42 Å². The quantitative estimate of drug-likeness (QED) is 0.786. The highest BCUT2D eigenvalue weighted by Crippen LogP contribution is 2.37. The molecule has 0 radical (unpaired) electrons. The zero-order valence-electron chi connectivity index (χ0n) is 14.4. The summed E-state index contributed by atoms with van der Waals surface area (Å²) in [6.45, 7) is 4.22. The summed E-state index contributed by atoms with van der Waals surface area (Å²) in [6, 6.07) is 1.06. The Kier molecular flexibility index (Phi) is 4.49. The molecule has 0 aromatic carbocycles. The lowest BCUT2D eigenvalue weighted by atomic mass is 9.74. The third-order valence-corrected chi connectivity index (χ3v) is 5.27. The number of anilines is 1. The number of rotatable bonds is 4. The Morgan fingerprint density at radius 2 is 2.04 bits per heavy atom. The van der Waals surface area contributed by atoms with Crippen molar-refractivity contribution in [3.8, 4) is 0 Å². The molecule has 25 heavy (non-hydrogen) atoms. The minimum absolute atomic E-state index is 0.0646. The van der Waals surface area contributed by atoms with Crippen molar-refractivity contribution < 1.29 is 14.3 Å². The molecule has 0 aliphatic heterocycles. The number of halogens is 1. The number of hydrogen-bond acceptors (Lipinski definition) is 4. The van der Waals surface area contributed by atoms with Gasteiger partial charge in [-0.2, -0.15) is 0 Å². The van der Waals surface area contributed by atoms with Gasteiger partial charge in [0.25, 0.3) is 0 Å². The van der Waals surface area contributed by atoms with Gasteiger partial charge in [0.05, 0.1) is 5.39 Å². The Balaban J connectivity index is 2.05. The summed E-state index contributed by atoms with van der Waals surface area (Å²) < 4.78 is 14.6. The average molecular weight is 347 g/mol. The van der Waals surface area contributed by atoms with E-state index in [0.717, 1.165) is 37.9 Å². The number of carbonyl (C=O) groups is 1. The van der Waals surface area contributed by atoms with Gasteiger partial charge in [-0.25, -0.2) is 14.2 Å². The molecule has 2 aromatic rings. The van der Waals surface area contributed by atoms with Crippen molar-refractivity contribution in [1.29, 1.82) is 0 Å². The molecule has 3 N–H and O–H groups in total. The van der Waals surface area contributed by atoms with E-state index in [1.54, 1.807) is 0 Å². The fourth-order valence-corrected chi connectivity index (χ4v) is 3.63. The molecular weight excluding hydrogens is 325 g/mol. The minimum Gasteiger partial charge on any atom is -0.477 e. The normalized spacial score (nSPS) is 17.0. The predicted molar refractivity (Wildman–Crippen MR) is 93.6 cm³/mol. The van der Waals surface area contributed by atoms with Crippen LogP contribution in [0.3, 0.4) is 0 Å². The Morgan fingerprint density at radius 3 is 2.64 bits per heavy atom. The number of pyridine rings is 2. The summed E-state index contributed by atoms with van der Waals surface area (Å²) >= 11 is 0. The Morgan fingerprint density at radius 1 is 1.36 bits per heavy atom. The van der Waals surface area contributed by atoms with Crippen LogP contribution < -0.4 is 10.7 Å². The zero-order valence-corrected chi connectivity index (χ0v) is 14.4. The first kappa shape index (κ1) is 17.4. The average Bonchev–Trinajstić information content (AvgIpc) is 2.57. The smallest absolute Gasteiger partial charge is 0.341 e. The number of aromatic amines is 1. The highest BCUT2D eigenvalue weighted by atomic mass is 19.1. The van der Waals surface area contributed by atoms with Crippen molar-refractivity contribution in [3.05, 3.63) is 33.9 Å². The van der Waals surface area contributed by atoms with Crippen molar-refractivity contribution in [3.63, 3.8) is 0 Å². The van der Waals surface area contributed by atoms with E-state index in [4.69, 9.17) is 5.11 Å². The molecular formula is C18H22FN3O3. The number of aromatic carboxylic acids is 1. The Labute approximate surface area is 144 Å². The van der Waals surface area contributed by atoms with E-state index in [2.05, 4.69) is 29.1 Å². The number of carboxylic acids is 1. The zero-order chi connectivity index (χ0) is 18.2. The van der Waals surface area contributed by atoms with Crippen LogP contribution in [-0.4, -0.2) is 26.6 Å². The molecule has 2 heterocycles. The van der Waals surface area contributed by atoms with E-state index in [1.807, 2.05) is 0 Å². The molecule has 1 aliphatic carbocycles. The van der Waals surface area contributed by atoms with Gasteiger partial charge in [0.1, 0.15) is 11.2 Å². The molecule has 1 fully saturated rings. The molecule has 0 bridgehead atoms. The number of nitrogens with one attached hydrogen (secondary N) is 2. The van der Waals surface area contributed by atoms with Crippen LogP contribution in [-0.2, 0) is 0 Å². The molecule has 0 amide bonds. The molecule has 1 aliphatic rings. The molecule has 0 unspecified atom stereocenters. The lowest BCUT2D eigenvalue weighted by molar-refractivity contribution is 0.0695. The van der Waals surface area contributed by atoms with Crippen LogP contribution in [0.25, 0.3) is 11.0 Å². The van der Waals surface area contributed by atoms with Crippen LogP contribution >= 0.6 is 0 Å². The van der Waals surface area contributed by atoms with Crippen LogP contribution in [0.5, 0.6) is 0 Å². The van der Waals surface area contributed by atoms with Gasteiger partial charge in [-0.15, -0.1) is 0 Å². The summed E-state index contributed by atoms with van der Waals surface area (Å²) in [4.78, 5) is 30.1. The first-order chi connectivity index (χ1) is 11.8. The monoisotopic (exact) mass is 347 g/mol. The second kappa shape index (κ2) is 6.46. The SMILES string of the molecule is CC(C)C1(Nc2nc3[nH]cc(C(=O)O)c(=O)c3cc2F)CCCCC1. The lowest BCUT2D eigenvalue weighted by Crippen LogP contribution is -2.45. The molecule has 6 nitrogen and oxygen atoms in total. The maximum Gasteiger partial charge on any atom is 0.341 e. The van der Waals surface area contributed by atoms with Crippen molar-refractivity contribution >= 4 is 22.8 Å². The number of aromatic nitrogens is 2. The molecule has 3 rings (SSSR count). The number of carboxylic acid groups (broad SMARTS) is 1. The van der Waals surface area contributed by atoms with Gasteiger partial charge >= 0.3 is 5.97 Å². The number of hydrogen-bond donors (Lipinski definition) is 3. The van der Waals surface area contributed by atoms with E-state index in [9.17, 15) is 14.0 Å². The molecule has 0 spiro atoms. The van der Waals surface area contributed by atoms with Crippen molar-refractivity contribution in [2.45, 2.75) is 51.5 Å². The van der Waals surface area contributed by atoms with Crippen LogP contribution in [0.15, 0.2) is 17.1 Å². The van der Waals surface area contributed by atoms with Crippen LogP contribution in [0.2, 0.25) is 0 Å². The second-order valence-corrected chi connectivity index (χ2v) is 7.05. The molecule has 0 atom stereocenters. The lowest BCUT2D eigenvalue weighted by Gasteiger charge is -2.42. The first-order valence-electron chi connectivity index (χ1n) is 8.57. The number of nitrogens with zero attached hydrogens (tertiary/aromatic N) is 1. The van der Waals surface area contributed by atoms with Gasteiger partial charge in [0, 0.05) is 11.7 Å². The van der Waals surface area contributed by atoms with Gasteiger partial charge in [-0.3, -0.25) is 4.79 Å². The molecule has 0 saturated heterocycles. The highest BCUT2D eigenvalue weighted by Gasteiger charge is 2.36. The summed E-state index contributed by atoms with van der Waals surface area (Å²) in [5.41, 5.74) is -1.22. The molecule has 1 saturated carbocycles. The third-order valence-electron chi connectivity index (χ3n) is 5.27.